The van der Waals surface area contributed by atoms with Gasteiger partial charge in [0, 0.05) is 5.56 Å². The average Bonchev–Trinajstić information content (AvgIpc) is 3.09. The van der Waals surface area contributed by atoms with E-state index >= 15 is 0 Å². The topological polar surface area (TPSA) is 54.7 Å². The van der Waals surface area contributed by atoms with Gasteiger partial charge in [0.25, 0.3) is 0 Å². The van der Waals surface area contributed by atoms with Gasteiger partial charge < -0.3 is 10.7 Å². The number of nitrogens with two attached hydrogens (primary N) is 1. The smallest absolute Gasteiger partial charge is 0.126 e. The largest absolute Gasteiger partial charge is 0.340 e. The molecule has 18 heavy (non-hydrogen) atoms. The molecule has 1 aromatic heterocycles. The first-order chi connectivity index (χ1) is 8.59. The molecule has 1 unspecified atom stereocenters. The number of imidazole rings is 1. The van der Waals surface area contributed by atoms with Crippen molar-refractivity contribution in [2.75, 3.05) is 0 Å². The normalized spacial score (nSPS) is 18.6. The van der Waals surface area contributed by atoms with Crippen LogP contribution in [0.4, 0.5) is 0 Å². The van der Waals surface area contributed by atoms with Crippen molar-refractivity contribution < 1.29 is 0 Å². The van der Waals surface area contributed by atoms with E-state index < -0.39 is 0 Å². The predicted octanol–water partition coefficient (Wildman–Crippen LogP) is 2.97. The van der Waals surface area contributed by atoms with Gasteiger partial charge in [-0.05, 0) is 38.2 Å². The molecule has 0 saturated heterocycles. The summed E-state index contributed by atoms with van der Waals surface area (Å²) in [5.74, 6) is 1.48. The maximum atomic E-state index is 6.38. The van der Waals surface area contributed by atoms with Gasteiger partial charge in [-0.1, -0.05) is 24.3 Å². The molecule has 0 bridgehead atoms. The lowest BCUT2D eigenvalue weighted by atomic mass is 9.96. The Morgan fingerprint density at radius 3 is 2.72 bits per heavy atom. The minimum absolute atomic E-state index is 0.319. The Morgan fingerprint density at radius 1 is 1.33 bits per heavy atom. The quantitative estimate of drug-likeness (QED) is 0.868. The van der Waals surface area contributed by atoms with Crippen molar-refractivity contribution in [3.05, 3.63) is 41.9 Å². The third kappa shape index (κ3) is 1.85. The molecule has 3 rings (SSSR count). The fraction of sp³-hybridized carbons (Fsp3) is 0.400. The zero-order valence-corrected chi connectivity index (χ0v) is 10.9. The van der Waals surface area contributed by atoms with Crippen LogP contribution in [0.5, 0.6) is 0 Å². The van der Waals surface area contributed by atoms with Crippen molar-refractivity contribution in [2.45, 2.75) is 32.2 Å². The number of hydrogen-bond donors (Lipinski definition) is 2. The Labute approximate surface area is 107 Å². The number of aromatic nitrogens is 2. The van der Waals surface area contributed by atoms with Crippen molar-refractivity contribution >= 4 is 0 Å². The first-order valence-corrected chi connectivity index (χ1v) is 6.49. The molecular weight excluding hydrogens is 222 g/mol. The molecule has 3 nitrogen and oxygen atoms in total. The number of benzene rings is 1. The highest BCUT2D eigenvalue weighted by Gasteiger charge is 2.41. The summed E-state index contributed by atoms with van der Waals surface area (Å²) in [6.07, 6.45) is 4.33. The second kappa shape index (κ2) is 3.95. The van der Waals surface area contributed by atoms with Crippen LogP contribution in [-0.4, -0.2) is 9.97 Å². The number of nitrogens with zero attached hydrogens (tertiary/aromatic N) is 1. The van der Waals surface area contributed by atoms with Gasteiger partial charge in [-0.2, -0.15) is 0 Å². The number of nitrogens with one attached hydrogen (secondary N) is 1. The lowest BCUT2D eigenvalue weighted by molar-refractivity contribution is 0.404. The van der Waals surface area contributed by atoms with Gasteiger partial charge in [-0.25, -0.2) is 4.98 Å². The summed E-state index contributed by atoms with van der Waals surface area (Å²) in [5, 5.41) is 0. The molecule has 1 aromatic carbocycles. The van der Waals surface area contributed by atoms with E-state index in [0.717, 1.165) is 11.5 Å². The summed E-state index contributed by atoms with van der Waals surface area (Å²) >= 11 is 0. The molecule has 0 aliphatic heterocycles. The van der Waals surface area contributed by atoms with Gasteiger partial charge in [0.1, 0.15) is 5.82 Å². The van der Waals surface area contributed by atoms with Gasteiger partial charge in [0.2, 0.25) is 0 Å². The number of hydrogen-bond acceptors (Lipinski definition) is 2. The van der Waals surface area contributed by atoms with Crippen molar-refractivity contribution in [3.8, 4) is 11.3 Å². The second-order valence-electron chi connectivity index (χ2n) is 5.52. The maximum Gasteiger partial charge on any atom is 0.126 e. The molecule has 1 fully saturated rings. The van der Waals surface area contributed by atoms with Crippen LogP contribution < -0.4 is 5.73 Å². The number of H-pyrrole nitrogens is 1. The van der Waals surface area contributed by atoms with Crippen LogP contribution in [0.15, 0.2) is 30.5 Å². The van der Waals surface area contributed by atoms with Gasteiger partial charge in [0.05, 0.1) is 17.4 Å². The summed E-state index contributed by atoms with van der Waals surface area (Å²) in [6.45, 7) is 4.18. The molecule has 2 aromatic rings. The first kappa shape index (κ1) is 11.5. The molecule has 3 N–H and O–H groups in total. The fourth-order valence-corrected chi connectivity index (χ4v) is 2.48. The molecule has 94 valence electrons. The highest BCUT2D eigenvalue weighted by atomic mass is 15.0. The number of aromatic amines is 1. The first-order valence-electron chi connectivity index (χ1n) is 6.49. The molecule has 1 saturated carbocycles. The van der Waals surface area contributed by atoms with Gasteiger partial charge in [0.15, 0.2) is 0 Å². The summed E-state index contributed by atoms with van der Waals surface area (Å²) in [4.78, 5) is 7.88. The van der Waals surface area contributed by atoms with Crippen LogP contribution >= 0.6 is 0 Å². The van der Waals surface area contributed by atoms with Crippen molar-refractivity contribution in [3.63, 3.8) is 0 Å². The molecule has 1 aliphatic carbocycles. The van der Waals surface area contributed by atoms with Crippen LogP contribution in [0.25, 0.3) is 11.3 Å². The molecular formula is C15H19N3. The summed E-state index contributed by atoms with van der Waals surface area (Å²) in [7, 11) is 0. The molecule has 1 aliphatic rings. The Morgan fingerprint density at radius 2 is 2.06 bits per heavy atom. The second-order valence-corrected chi connectivity index (χ2v) is 5.52. The lowest BCUT2D eigenvalue weighted by Gasteiger charge is -2.21. The molecule has 0 spiro atoms. The third-order valence-corrected chi connectivity index (χ3v) is 3.95. The zero-order valence-electron chi connectivity index (χ0n) is 10.9. The Kier molecular flexibility index (Phi) is 2.52. The summed E-state index contributed by atoms with van der Waals surface area (Å²) in [6, 6.07) is 8.31. The van der Waals surface area contributed by atoms with E-state index in [1.165, 1.54) is 24.0 Å². The summed E-state index contributed by atoms with van der Waals surface area (Å²) < 4.78 is 0. The van der Waals surface area contributed by atoms with Crippen LogP contribution in [0.2, 0.25) is 0 Å². The predicted molar refractivity (Wildman–Crippen MR) is 73.0 cm³/mol. The van der Waals surface area contributed by atoms with E-state index in [1.54, 1.807) is 0 Å². The van der Waals surface area contributed by atoms with Gasteiger partial charge in [-0.3, -0.25) is 0 Å². The van der Waals surface area contributed by atoms with Crippen molar-refractivity contribution in [1.29, 1.82) is 0 Å². The van der Waals surface area contributed by atoms with Crippen LogP contribution in [0, 0.1) is 12.8 Å². The summed E-state index contributed by atoms with van der Waals surface area (Å²) in [5.41, 5.74) is 9.56. The molecule has 1 atom stereocenters. The highest BCUT2D eigenvalue weighted by molar-refractivity contribution is 5.62. The van der Waals surface area contributed by atoms with Crippen LogP contribution in [0.3, 0.4) is 0 Å². The highest BCUT2D eigenvalue weighted by Crippen LogP contribution is 2.43. The fourth-order valence-electron chi connectivity index (χ4n) is 2.48. The molecule has 0 radical (unpaired) electrons. The van der Waals surface area contributed by atoms with E-state index in [-0.39, 0.29) is 5.54 Å². The standard InChI is InChI=1S/C15H19N3/c1-10-5-3-4-6-12(10)13-9-17-14(18-13)15(2,16)11-7-8-11/h3-6,9,11H,7-8,16H2,1-2H3,(H,17,18). The number of aryl methyl sites for hydroxylation is 1. The minimum atomic E-state index is -0.319. The molecule has 0 amide bonds. The SMILES string of the molecule is Cc1ccccc1-c1cnc(C(C)(N)C2CC2)[nH]1. The molecule has 3 heteroatoms. The lowest BCUT2D eigenvalue weighted by Crippen LogP contribution is -2.36. The van der Waals surface area contributed by atoms with E-state index in [9.17, 15) is 0 Å². The Balaban J connectivity index is 1.97. The maximum absolute atomic E-state index is 6.38. The zero-order chi connectivity index (χ0) is 12.8. The van der Waals surface area contributed by atoms with E-state index in [4.69, 9.17) is 5.73 Å². The average molecular weight is 241 g/mol. The van der Waals surface area contributed by atoms with E-state index in [1.807, 2.05) is 18.3 Å². The molecule has 1 heterocycles. The van der Waals surface area contributed by atoms with Crippen LogP contribution in [-0.2, 0) is 5.54 Å². The van der Waals surface area contributed by atoms with Crippen LogP contribution in [0.1, 0.15) is 31.2 Å². The van der Waals surface area contributed by atoms with Gasteiger partial charge in [-0.15, -0.1) is 0 Å². The van der Waals surface area contributed by atoms with Crippen molar-refractivity contribution in [1.82, 2.24) is 9.97 Å². The van der Waals surface area contributed by atoms with E-state index in [2.05, 4.69) is 35.9 Å². The number of rotatable bonds is 3. The third-order valence-electron chi connectivity index (χ3n) is 3.95. The van der Waals surface area contributed by atoms with Gasteiger partial charge >= 0.3 is 0 Å². The van der Waals surface area contributed by atoms with Crippen molar-refractivity contribution in [2.24, 2.45) is 11.7 Å². The Hall–Kier alpha value is -1.61. The minimum Gasteiger partial charge on any atom is -0.340 e. The monoisotopic (exact) mass is 241 g/mol. The Bertz CT molecular complexity index is 565. The van der Waals surface area contributed by atoms with E-state index in [0.29, 0.717) is 5.92 Å².